The molecule has 1 nitrogen and oxygen atoms in total. The Morgan fingerprint density at radius 1 is 1.27 bits per heavy atom. The van der Waals surface area contributed by atoms with Crippen LogP contribution >= 0.6 is 0 Å². The number of para-hydroxylation sites is 1. The molecule has 1 rings (SSSR count). The maximum Gasteiger partial charge on any atom is 0.0342 e. The first kappa shape index (κ1) is 10.4. The van der Waals surface area contributed by atoms with Crippen molar-refractivity contribution in [2.24, 2.45) is 0 Å². The Hall–Kier alpha value is -0.578. The van der Waals surface area contributed by atoms with Crippen LogP contribution in [0.25, 0.3) is 0 Å². The van der Waals surface area contributed by atoms with E-state index in [9.17, 15) is 0 Å². The fourth-order valence-corrected chi connectivity index (χ4v) is 0.746. The van der Waals surface area contributed by atoms with Crippen molar-refractivity contribution in [1.29, 1.82) is 0 Å². The number of anilines is 1. The zero-order valence-corrected chi connectivity index (χ0v) is 7.75. The van der Waals surface area contributed by atoms with Gasteiger partial charge in [0.2, 0.25) is 0 Å². The summed E-state index contributed by atoms with van der Waals surface area (Å²) in [6, 6.07) is 10.1. The number of hydrogen-bond acceptors (Lipinski definition) is 1. The number of nitrogens with one attached hydrogen (secondary N) is 1. The van der Waals surface area contributed by atoms with Gasteiger partial charge in [0.1, 0.15) is 0 Å². The smallest absolute Gasteiger partial charge is 0.0342 e. The van der Waals surface area contributed by atoms with E-state index in [0.717, 1.165) is 12.2 Å². The molecule has 0 fully saturated rings. The molecule has 0 amide bonds. The standard InChI is InChI=1S/C9H11N.Pd/c1-2-8-10-9-6-4-3-5-7-9;/h2-7,10H,1,8H2;. The second-order valence-electron chi connectivity index (χ2n) is 2.04. The van der Waals surface area contributed by atoms with E-state index in [1.54, 1.807) is 0 Å². The van der Waals surface area contributed by atoms with Crippen molar-refractivity contribution in [2.45, 2.75) is 0 Å². The summed E-state index contributed by atoms with van der Waals surface area (Å²) in [6.07, 6.45) is 1.84. The Labute approximate surface area is 81.2 Å². The number of rotatable bonds is 3. The van der Waals surface area contributed by atoms with Crippen molar-refractivity contribution in [3.05, 3.63) is 43.0 Å². The summed E-state index contributed by atoms with van der Waals surface area (Å²) in [6.45, 7) is 4.44. The minimum absolute atomic E-state index is 0. The molecule has 0 aliphatic heterocycles. The molecule has 0 saturated carbocycles. The SMILES string of the molecule is C=CCNc1ccccc1.[Pd]. The fraction of sp³-hybridized carbons (Fsp3) is 0.111. The van der Waals surface area contributed by atoms with Gasteiger partial charge >= 0.3 is 0 Å². The maximum absolute atomic E-state index is 3.61. The largest absolute Gasteiger partial charge is 0.382 e. The molecular formula is C9H11NPd. The van der Waals surface area contributed by atoms with Gasteiger partial charge in [-0.05, 0) is 12.1 Å². The van der Waals surface area contributed by atoms with E-state index < -0.39 is 0 Å². The molecule has 0 atom stereocenters. The quantitative estimate of drug-likeness (QED) is 0.630. The minimum Gasteiger partial charge on any atom is -0.382 e. The van der Waals surface area contributed by atoms with Crippen LogP contribution in [0.2, 0.25) is 0 Å². The molecule has 0 saturated heterocycles. The zero-order valence-electron chi connectivity index (χ0n) is 6.19. The third-order valence-corrected chi connectivity index (χ3v) is 1.22. The van der Waals surface area contributed by atoms with Crippen LogP contribution in [0.1, 0.15) is 0 Å². The minimum atomic E-state index is 0. The molecule has 2 heteroatoms. The van der Waals surface area contributed by atoms with Crippen LogP contribution in [0.3, 0.4) is 0 Å². The molecule has 1 N–H and O–H groups in total. The number of hydrogen-bond donors (Lipinski definition) is 1. The Kier molecular flexibility index (Phi) is 5.83. The zero-order chi connectivity index (χ0) is 7.23. The van der Waals surface area contributed by atoms with E-state index in [1.807, 2.05) is 36.4 Å². The van der Waals surface area contributed by atoms with Crippen LogP contribution in [0.4, 0.5) is 5.69 Å². The molecule has 0 heterocycles. The van der Waals surface area contributed by atoms with Gasteiger partial charge in [0.25, 0.3) is 0 Å². The van der Waals surface area contributed by atoms with Crippen molar-refractivity contribution in [1.82, 2.24) is 0 Å². The van der Waals surface area contributed by atoms with E-state index in [1.165, 1.54) is 0 Å². The summed E-state index contributed by atoms with van der Waals surface area (Å²) in [5, 5.41) is 3.18. The molecule has 0 unspecified atom stereocenters. The second kappa shape index (κ2) is 6.15. The normalized spacial score (nSPS) is 8.00. The summed E-state index contributed by atoms with van der Waals surface area (Å²) >= 11 is 0. The maximum atomic E-state index is 3.61. The number of benzene rings is 1. The molecular weight excluding hydrogens is 229 g/mol. The molecule has 0 bridgehead atoms. The second-order valence-corrected chi connectivity index (χ2v) is 2.04. The molecule has 0 spiro atoms. The molecule has 1 aromatic carbocycles. The van der Waals surface area contributed by atoms with Crippen LogP contribution in [0.5, 0.6) is 0 Å². The summed E-state index contributed by atoms with van der Waals surface area (Å²) in [5.41, 5.74) is 1.14. The summed E-state index contributed by atoms with van der Waals surface area (Å²) in [5.74, 6) is 0. The van der Waals surface area contributed by atoms with Gasteiger partial charge in [-0.1, -0.05) is 24.3 Å². The summed E-state index contributed by atoms with van der Waals surface area (Å²) in [4.78, 5) is 0. The first-order chi connectivity index (χ1) is 4.93. The van der Waals surface area contributed by atoms with Gasteiger partial charge in [0.15, 0.2) is 0 Å². The predicted octanol–water partition coefficient (Wildman–Crippen LogP) is 2.28. The van der Waals surface area contributed by atoms with E-state index in [0.29, 0.717) is 0 Å². The van der Waals surface area contributed by atoms with Crippen LogP contribution < -0.4 is 5.32 Å². The molecule has 0 radical (unpaired) electrons. The molecule has 0 aromatic heterocycles. The van der Waals surface area contributed by atoms with Crippen LogP contribution in [0, 0.1) is 0 Å². The van der Waals surface area contributed by atoms with Gasteiger partial charge in [-0.2, -0.15) is 0 Å². The fourth-order valence-electron chi connectivity index (χ4n) is 0.746. The van der Waals surface area contributed by atoms with E-state index in [4.69, 9.17) is 0 Å². The third-order valence-electron chi connectivity index (χ3n) is 1.22. The topological polar surface area (TPSA) is 12.0 Å². The summed E-state index contributed by atoms with van der Waals surface area (Å²) in [7, 11) is 0. The van der Waals surface area contributed by atoms with Crippen molar-refractivity contribution in [3.63, 3.8) is 0 Å². The van der Waals surface area contributed by atoms with Gasteiger partial charge in [0, 0.05) is 32.7 Å². The Morgan fingerprint density at radius 2 is 1.91 bits per heavy atom. The predicted molar refractivity (Wildman–Crippen MR) is 45.1 cm³/mol. The Morgan fingerprint density at radius 3 is 2.45 bits per heavy atom. The van der Waals surface area contributed by atoms with Gasteiger partial charge < -0.3 is 5.32 Å². The van der Waals surface area contributed by atoms with Gasteiger partial charge in [0.05, 0.1) is 0 Å². The van der Waals surface area contributed by atoms with Gasteiger partial charge in [-0.15, -0.1) is 6.58 Å². The molecule has 0 aliphatic carbocycles. The van der Waals surface area contributed by atoms with E-state index >= 15 is 0 Å². The monoisotopic (exact) mass is 239 g/mol. The van der Waals surface area contributed by atoms with Crippen molar-refractivity contribution < 1.29 is 20.4 Å². The van der Waals surface area contributed by atoms with E-state index in [-0.39, 0.29) is 20.4 Å². The van der Waals surface area contributed by atoms with Crippen LogP contribution in [0.15, 0.2) is 43.0 Å². The molecule has 62 valence electrons. The van der Waals surface area contributed by atoms with Gasteiger partial charge in [-0.3, -0.25) is 0 Å². The molecule has 11 heavy (non-hydrogen) atoms. The van der Waals surface area contributed by atoms with Crippen molar-refractivity contribution in [2.75, 3.05) is 11.9 Å². The van der Waals surface area contributed by atoms with Gasteiger partial charge in [-0.25, -0.2) is 0 Å². The molecule has 0 aliphatic rings. The van der Waals surface area contributed by atoms with Crippen LogP contribution in [-0.2, 0) is 20.4 Å². The molecule has 1 aromatic rings. The third kappa shape index (κ3) is 3.98. The Bertz CT molecular complexity index is 196. The van der Waals surface area contributed by atoms with Crippen molar-refractivity contribution in [3.8, 4) is 0 Å². The Balaban J connectivity index is 0.000001000. The summed E-state index contributed by atoms with van der Waals surface area (Å²) < 4.78 is 0. The van der Waals surface area contributed by atoms with E-state index in [2.05, 4.69) is 11.9 Å². The average molecular weight is 240 g/mol. The van der Waals surface area contributed by atoms with Crippen molar-refractivity contribution >= 4 is 5.69 Å². The average Bonchev–Trinajstić information content (AvgIpc) is 2.03. The first-order valence-electron chi connectivity index (χ1n) is 3.33. The van der Waals surface area contributed by atoms with Crippen LogP contribution in [-0.4, -0.2) is 6.54 Å². The first-order valence-corrected chi connectivity index (χ1v) is 3.33.